The van der Waals surface area contributed by atoms with Gasteiger partial charge in [0, 0.05) is 0 Å². The number of nitrogen functional groups attached to an aromatic ring is 1. The van der Waals surface area contributed by atoms with E-state index in [1.807, 2.05) is 31.2 Å². The molecule has 2 aromatic rings. The SMILES string of the molecule is CCc1nc(N)sc1C(=O)N/N=C/c1cccc(OC)c1. The first-order valence-electron chi connectivity index (χ1n) is 6.36. The molecular formula is C14H16N4O2S. The zero-order chi connectivity index (χ0) is 15.2. The molecule has 1 amide bonds. The molecule has 0 aliphatic heterocycles. The van der Waals surface area contributed by atoms with Crippen LogP contribution in [0.3, 0.4) is 0 Å². The molecular weight excluding hydrogens is 288 g/mol. The van der Waals surface area contributed by atoms with Gasteiger partial charge < -0.3 is 10.5 Å². The average molecular weight is 304 g/mol. The summed E-state index contributed by atoms with van der Waals surface area (Å²) >= 11 is 1.16. The van der Waals surface area contributed by atoms with Crippen LogP contribution >= 0.6 is 11.3 Å². The van der Waals surface area contributed by atoms with Crippen molar-refractivity contribution in [2.75, 3.05) is 12.8 Å². The summed E-state index contributed by atoms with van der Waals surface area (Å²) in [6, 6.07) is 7.36. The number of ether oxygens (including phenoxy) is 1. The van der Waals surface area contributed by atoms with Crippen LogP contribution in [0.2, 0.25) is 0 Å². The Hall–Kier alpha value is -2.41. The summed E-state index contributed by atoms with van der Waals surface area (Å²) in [5, 5.41) is 4.32. The zero-order valence-corrected chi connectivity index (χ0v) is 12.6. The van der Waals surface area contributed by atoms with E-state index in [1.165, 1.54) is 0 Å². The minimum Gasteiger partial charge on any atom is -0.497 e. The lowest BCUT2D eigenvalue weighted by molar-refractivity contribution is 0.0958. The Morgan fingerprint density at radius 1 is 1.57 bits per heavy atom. The van der Waals surface area contributed by atoms with Crippen LogP contribution in [0.4, 0.5) is 5.13 Å². The van der Waals surface area contributed by atoms with Gasteiger partial charge in [-0.25, -0.2) is 10.4 Å². The molecule has 0 saturated heterocycles. The standard InChI is InChI=1S/C14H16N4O2S/c1-3-11-12(21-14(15)17-11)13(19)18-16-8-9-5-4-6-10(7-9)20-2/h4-8H,3H2,1-2H3,(H2,15,17)(H,18,19)/b16-8+. The molecule has 1 heterocycles. The molecule has 0 radical (unpaired) electrons. The minimum absolute atomic E-state index is 0.305. The number of nitrogens with one attached hydrogen (secondary N) is 1. The van der Waals surface area contributed by atoms with Crippen molar-refractivity contribution < 1.29 is 9.53 Å². The number of aryl methyl sites for hydroxylation is 1. The number of hydrazone groups is 1. The summed E-state index contributed by atoms with van der Waals surface area (Å²) in [5.74, 6) is 0.425. The van der Waals surface area contributed by atoms with E-state index in [9.17, 15) is 4.79 Å². The van der Waals surface area contributed by atoms with Crippen molar-refractivity contribution in [2.24, 2.45) is 5.10 Å². The van der Waals surface area contributed by atoms with Gasteiger partial charge in [0.15, 0.2) is 5.13 Å². The predicted octanol–water partition coefficient (Wildman–Crippen LogP) is 2.06. The van der Waals surface area contributed by atoms with Crippen molar-refractivity contribution in [1.82, 2.24) is 10.4 Å². The highest BCUT2D eigenvalue weighted by atomic mass is 32.1. The van der Waals surface area contributed by atoms with Crippen LogP contribution in [-0.2, 0) is 6.42 Å². The third-order valence-corrected chi connectivity index (χ3v) is 3.65. The molecule has 21 heavy (non-hydrogen) atoms. The van der Waals surface area contributed by atoms with E-state index in [0.717, 1.165) is 22.6 Å². The largest absolute Gasteiger partial charge is 0.497 e. The second-order valence-corrected chi connectivity index (χ2v) is 5.19. The van der Waals surface area contributed by atoms with Crippen molar-refractivity contribution in [3.8, 4) is 5.75 Å². The second-order valence-electron chi connectivity index (χ2n) is 4.16. The number of hydrogen-bond acceptors (Lipinski definition) is 6. The first-order valence-corrected chi connectivity index (χ1v) is 7.18. The Bertz CT molecular complexity index is 667. The molecule has 0 saturated carbocycles. The van der Waals surface area contributed by atoms with E-state index in [-0.39, 0.29) is 5.91 Å². The Kier molecular flexibility index (Phi) is 4.89. The number of carbonyl (C=O) groups is 1. The summed E-state index contributed by atoms with van der Waals surface area (Å²) in [5.41, 5.74) is 9.61. The molecule has 1 aromatic carbocycles. The van der Waals surface area contributed by atoms with Gasteiger partial charge in [-0.3, -0.25) is 4.79 Å². The Morgan fingerprint density at radius 2 is 2.38 bits per heavy atom. The van der Waals surface area contributed by atoms with Crippen LogP contribution in [0.1, 0.15) is 27.9 Å². The summed E-state index contributed by atoms with van der Waals surface area (Å²) < 4.78 is 5.12. The number of anilines is 1. The molecule has 0 unspecified atom stereocenters. The maximum absolute atomic E-state index is 12.0. The molecule has 0 aliphatic carbocycles. The van der Waals surface area contributed by atoms with Crippen LogP contribution in [-0.4, -0.2) is 24.2 Å². The lowest BCUT2D eigenvalue weighted by Crippen LogP contribution is -2.17. The van der Waals surface area contributed by atoms with Gasteiger partial charge in [-0.2, -0.15) is 5.10 Å². The van der Waals surface area contributed by atoms with Crippen LogP contribution in [0.5, 0.6) is 5.75 Å². The molecule has 1 aromatic heterocycles. The van der Waals surface area contributed by atoms with E-state index < -0.39 is 0 Å². The summed E-state index contributed by atoms with van der Waals surface area (Å²) in [4.78, 5) is 16.6. The van der Waals surface area contributed by atoms with Gasteiger partial charge in [0.2, 0.25) is 0 Å². The predicted molar refractivity (Wildman–Crippen MR) is 84.0 cm³/mol. The third kappa shape index (κ3) is 3.79. The molecule has 110 valence electrons. The lowest BCUT2D eigenvalue weighted by Gasteiger charge is -2.00. The van der Waals surface area contributed by atoms with Crippen molar-refractivity contribution in [1.29, 1.82) is 0 Å². The van der Waals surface area contributed by atoms with Crippen molar-refractivity contribution in [3.63, 3.8) is 0 Å². The lowest BCUT2D eigenvalue weighted by atomic mass is 10.2. The van der Waals surface area contributed by atoms with Crippen LogP contribution in [0, 0.1) is 0 Å². The highest BCUT2D eigenvalue weighted by Crippen LogP contribution is 2.20. The zero-order valence-electron chi connectivity index (χ0n) is 11.8. The van der Waals surface area contributed by atoms with Gasteiger partial charge in [0.25, 0.3) is 5.91 Å². The quantitative estimate of drug-likeness (QED) is 0.653. The van der Waals surface area contributed by atoms with E-state index in [4.69, 9.17) is 10.5 Å². The molecule has 3 N–H and O–H groups in total. The topological polar surface area (TPSA) is 89.6 Å². The van der Waals surface area contributed by atoms with Crippen molar-refractivity contribution in [3.05, 3.63) is 40.4 Å². The fourth-order valence-corrected chi connectivity index (χ4v) is 2.54. The highest BCUT2D eigenvalue weighted by Gasteiger charge is 2.15. The smallest absolute Gasteiger partial charge is 0.283 e. The summed E-state index contributed by atoms with van der Waals surface area (Å²) in [6.07, 6.45) is 2.20. The number of thiazole rings is 1. The van der Waals surface area contributed by atoms with Gasteiger partial charge in [0.1, 0.15) is 10.6 Å². The monoisotopic (exact) mass is 304 g/mol. The van der Waals surface area contributed by atoms with Gasteiger partial charge in [-0.1, -0.05) is 30.4 Å². The minimum atomic E-state index is -0.305. The molecule has 7 heteroatoms. The number of nitrogens with zero attached hydrogens (tertiary/aromatic N) is 2. The Labute approximate surface area is 126 Å². The summed E-state index contributed by atoms with van der Waals surface area (Å²) in [7, 11) is 1.60. The van der Waals surface area contributed by atoms with Crippen LogP contribution in [0.25, 0.3) is 0 Å². The van der Waals surface area contributed by atoms with E-state index in [0.29, 0.717) is 22.1 Å². The number of amides is 1. The Balaban J connectivity index is 2.04. The maximum atomic E-state index is 12.0. The number of aromatic nitrogens is 1. The number of benzene rings is 1. The fraction of sp³-hybridized carbons (Fsp3) is 0.214. The first kappa shape index (κ1) is 15.0. The summed E-state index contributed by atoms with van der Waals surface area (Å²) in [6.45, 7) is 1.92. The third-order valence-electron chi connectivity index (χ3n) is 2.73. The Morgan fingerprint density at radius 3 is 3.10 bits per heavy atom. The van der Waals surface area contributed by atoms with Gasteiger partial charge >= 0.3 is 0 Å². The molecule has 2 rings (SSSR count). The molecule has 6 nitrogen and oxygen atoms in total. The molecule has 0 spiro atoms. The highest BCUT2D eigenvalue weighted by molar-refractivity contribution is 7.17. The first-order chi connectivity index (χ1) is 10.1. The second kappa shape index (κ2) is 6.85. The number of rotatable bonds is 5. The fourth-order valence-electron chi connectivity index (χ4n) is 1.73. The average Bonchev–Trinajstić information content (AvgIpc) is 2.88. The molecule has 0 fully saturated rings. The normalized spacial score (nSPS) is 10.8. The van der Waals surface area contributed by atoms with Gasteiger partial charge in [-0.15, -0.1) is 0 Å². The van der Waals surface area contributed by atoms with E-state index in [2.05, 4.69) is 15.5 Å². The van der Waals surface area contributed by atoms with Crippen LogP contribution < -0.4 is 15.9 Å². The molecule has 0 atom stereocenters. The van der Waals surface area contributed by atoms with Gasteiger partial charge in [-0.05, 0) is 24.1 Å². The number of nitrogens with two attached hydrogens (primary N) is 1. The number of hydrogen-bond donors (Lipinski definition) is 2. The van der Waals surface area contributed by atoms with E-state index in [1.54, 1.807) is 13.3 Å². The maximum Gasteiger partial charge on any atom is 0.283 e. The molecule has 0 bridgehead atoms. The number of methoxy groups -OCH3 is 1. The van der Waals surface area contributed by atoms with Crippen molar-refractivity contribution >= 4 is 28.6 Å². The van der Waals surface area contributed by atoms with Crippen LogP contribution in [0.15, 0.2) is 29.4 Å². The molecule has 0 aliphatic rings. The van der Waals surface area contributed by atoms with E-state index >= 15 is 0 Å². The van der Waals surface area contributed by atoms with Crippen molar-refractivity contribution in [2.45, 2.75) is 13.3 Å². The van der Waals surface area contributed by atoms with Gasteiger partial charge in [0.05, 0.1) is 19.0 Å². The number of carbonyl (C=O) groups excluding carboxylic acids is 1.